The number of nitrogens with one attached hydrogen (secondary N) is 2. The number of amides is 2. The molecule has 2 N–H and O–H groups in total. The van der Waals surface area contributed by atoms with E-state index >= 15 is 0 Å². The van der Waals surface area contributed by atoms with Gasteiger partial charge < -0.3 is 10.1 Å². The predicted octanol–water partition coefficient (Wildman–Crippen LogP) is 2.55. The van der Waals surface area contributed by atoms with Gasteiger partial charge in [0.2, 0.25) is 0 Å². The van der Waals surface area contributed by atoms with Gasteiger partial charge in [-0.15, -0.1) is 0 Å². The zero-order chi connectivity index (χ0) is 16.7. The molecule has 2 amide bonds. The van der Waals surface area contributed by atoms with Crippen LogP contribution in [0.2, 0.25) is 0 Å². The van der Waals surface area contributed by atoms with E-state index in [1.54, 1.807) is 49.6 Å². The number of benzene rings is 2. The molecule has 0 aliphatic carbocycles. The molecule has 2 aromatic rings. The molecule has 23 heavy (non-hydrogen) atoms. The summed E-state index contributed by atoms with van der Waals surface area (Å²) in [4.78, 5) is 23.4. The van der Waals surface area contributed by atoms with E-state index in [-0.39, 0.29) is 0 Å². The van der Waals surface area contributed by atoms with Crippen LogP contribution >= 0.6 is 15.9 Å². The summed E-state index contributed by atoms with van der Waals surface area (Å²) in [7, 11) is 1.58. The van der Waals surface area contributed by atoms with Gasteiger partial charge in [-0.05, 0) is 48.0 Å². The van der Waals surface area contributed by atoms with Crippen LogP contribution in [0.5, 0.6) is 5.75 Å². The fourth-order valence-corrected chi connectivity index (χ4v) is 2.06. The topological polar surface area (TPSA) is 79.8 Å². The number of methoxy groups -OCH3 is 1. The normalized spacial score (nSPS) is 10.3. The van der Waals surface area contributed by atoms with Crippen molar-refractivity contribution in [2.45, 2.75) is 0 Å². The molecular formula is C16H14BrN3O3. The third-order valence-corrected chi connectivity index (χ3v) is 3.28. The lowest BCUT2D eigenvalue weighted by Crippen LogP contribution is -2.32. The van der Waals surface area contributed by atoms with E-state index < -0.39 is 11.8 Å². The van der Waals surface area contributed by atoms with Crippen LogP contribution in [0.1, 0.15) is 5.56 Å². The predicted molar refractivity (Wildman–Crippen MR) is 91.5 cm³/mol. The second-order valence-electron chi connectivity index (χ2n) is 4.44. The number of halogens is 1. The number of carbonyl (C=O) groups excluding carboxylic acids is 2. The molecule has 0 unspecified atom stereocenters. The number of hydrogen-bond acceptors (Lipinski definition) is 4. The highest BCUT2D eigenvalue weighted by molar-refractivity contribution is 9.10. The Morgan fingerprint density at radius 1 is 1.13 bits per heavy atom. The molecule has 0 atom stereocenters. The Kier molecular flexibility index (Phi) is 5.87. The van der Waals surface area contributed by atoms with Crippen molar-refractivity contribution in [1.29, 1.82) is 0 Å². The largest absolute Gasteiger partial charge is 0.497 e. The number of nitrogens with zero attached hydrogens (tertiary/aromatic N) is 1. The monoisotopic (exact) mass is 375 g/mol. The Balaban J connectivity index is 1.88. The number of carbonyl (C=O) groups is 2. The van der Waals surface area contributed by atoms with Crippen molar-refractivity contribution in [3.8, 4) is 5.75 Å². The molecule has 0 aliphatic heterocycles. The van der Waals surface area contributed by atoms with Gasteiger partial charge in [-0.3, -0.25) is 9.59 Å². The molecule has 0 heterocycles. The van der Waals surface area contributed by atoms with Crippen LogP contribution in [0.4, 0.5) is 5.69 Å². The maximum absolute atomic E-state index is 11.7. The van der Waals surface area contributed by atoms with Crippen LogP contribution in [0.25, 0.3) is 0 Å². The van der Waals surface area contributed by atoms with Crippen LogP contribution in [0.3, 0.4) is 0 Å². The number of ether oxygens (including phenoxy) is 1. The third-order valence-electron chi connectivity index (χ3n) is 2.78. The highest BCUT2D eigenvalue weighted by Gasteiger charge is 2.12. The third kappa shape index (κ3) is 5.23. The Hall–Kier alpha value is -2.67. The van der Waals surface area contributed by atoms with E-state index in [0.29, 0.717) is 5.69 Å². The van der Waals surface area contributed by atoms with Gasteiger partial charge in [0.25, 0.3) is 0 Å². The number of rotatable bonds is 4. The van der Waals surface area contributed by atoms with E-state index in [0.717, 1.165) is 15.8 Å². The summed E-state index contributed by atoms with van der Waals surface area (Å²) >= 11 is 3.28. The van der Waals surface area contributed by atoms with Crippen molar-refractivity contribution in [2.75, 3.05) is 12.4 Å². The van der Waals surface area contributed by atoms with E-state index in [1.165, 1.54) is 6.21 Å². The number of hydrogen-bond donors (Lipinski definition) is 2. The zero-order valence-electron chi connectivity index (χ0n) is 12.2. The molecule has 0 saturated heterocycles. The summed E-state index contributed by atoms with van der Waals surface area (Å²) < 4.78 is 5.84. The van der Waals surface area contributed by atoms with Crippen LogP contribution in [0.15, 0.2) is 58.1 Å². The number of anilines is 1. The van der Waals surface area contributed by atoms with Crippen molar-refractivity contribution in [2.24, 2.45) is 5.10 Å². The molecule has 2 rings (SSSR count). The number of hydrazone groups is 1. The van der Waals surface area contributed by atoms with Crippen LogP contribution in [-0.4, -0.2) is 25.1 Å². The standard InChI is InChI=1S/C16H14BrN3O3/c1-23-14-7-5-11(6-8-14)10-18-20-16(22)15(21)19-13-4-2-3-12(17)9-13/h2-10H,1H3,(H,19,21)(H,20,22)/b18-10+. The Morgan fingerprint density at radius 3 is 2.52 bits per heavy atom. The second-order valence-corrected chi connectivity index (χ2v) is 5.35. The van der Waals surface area contributed by atoms with Gasteiger partial charge in [-0.2, -0.15) is 5.10 Å². The van der Waals surface area contributed by atoms with Gasteiger partial charge in [0.05, 0.1) is 13.3 Å². The van der Waals surface area contributed by atoms with Crippen molar-refractivity contribution in [1.82, 2.24) is 5.43 Å². The Bertz CT molecular complexity index is 730. The summed E-state index contributed by atoms with van der Waals surface area (Å²) in [5.41, 5.74) is 3.45. The molecule has 0 spiro atoms. The lowest BCUT2D eigenvalue weighted by Gasteiger charge is -2.04. The molecular weight excluding hydrogens is 362 g/mol. The lowest BCUT2D eigenvalue weighted by molar-refractivity contribution is -0.136. The molecule has 0 saturated carbocycles. The molecule has 0 aromatic heterocycles. The van der Waals surface area contributed by atoms with Gasteiger partial charge >= 0.3 is 11.8 Å². The summed E-state index contributed by atoms with van der Waals surface area (Å²) in [5.74, 6) is -0.927. The van der Waals surface area contributed by atoms with Gasteiger partial charge in [-0.1, -0.05) is 22.0 Å². The quantitative estimate of drug-likeness (QED) is 0.489. The first-order valence-corrected chi connectivity index (χ1v) is 7.42. The van der Waals surface area contributed by atoms with Crippen LogP contribution in [-0.2, 0) is 9.59 Å². The Labute approximate surface area is 141 Å². The molecule has 0 radical (unpaired) electrons. The minimum absolute atomic E-state index is 0.513. The lowest BCUT2D eigenvalue weighted by atomic mass is 10.2. The van der Waals surface area contributed by atoms with Gasteiger partial charge in [-0.25, -0.2) is 5.43 Å². The Morgan fingerprint density at radius 2 is 1.87 bits per heavy atom. The average Bonchev–Trinajstić information content (AvgIpc) is 2.55. The molecule has 0 aliphatic rings. The highest BCUT2D eigenvalue weighted by Crippen LogP contribution is 2.15. The van der Waals surface area contributed by atoms with Crippen molar-refractivity contribution >= 4 is 39.6 Å². The molecule has 6 nitrogen and oxygen atoms in total. The molecule has 2 aromatic carbocycles. The zero-order valence-corrected chi connectivity index (χ0v) is 13.8. The fourth-order valence-electron chi connectivity index (χ4n) is 1.66. The van der Waals surface area contributed by atoms with Gasteiger partial charge in [0.1, 0.15) is 5.75 Å². The van der Waals surface area contributed by atoms with E-state index in [9.17, 15) is 9.59 Å². The van der Waals surface area contributed by atoms with Gasteiger partial charge in [0, 0.05) is 10.2 Å². The van der Waals surface area contributed by atoms with Crippen LogP contribution in [0, 0.1) is 0 Å². The summed E-state index contributed by atoms with van der Waals surface area (Å²) in [5, 5.41) is 6.22. The first-order chi connectivity index (χ1) is 11.1. The van der Waals surface area contributed by atoms with E-state index in [2.05, 4.69) is 31.8 Å². The SMILES string of the molecule is COc1ccc(/C=N/NC(=O)C(=O)Nc2cccc(Br)c2)cc1. The first kappa shape index (κ1) is 16.7. The van der Waals surface area contributed by atoms with Crippen molar-refractivity contribution < 1.29 is 14.3 Å². The summed E-state index contributed by atoms with van der Waals surface area (Å²) in [6.07, 6.45) is 1.43. The van der Waals surface area contributed by atoms with Gasteiger partial charge in [0.15, 0.2) is 0 Å². The minimum Gasteiger partial charge on any atom is -0.497 e. The summed E-state index contributed by atoms with van der Waals surface area (Å²) in [6, 6.07) is 14.0. The molecule has 118 valence electrons. The molecule has 0 bridgehead atoms. The minimum atomic E-state index is -0.852. The molecule has 0 fully saturated rings. The smallest absolute Gasteiger partial charge is 0.329 e. The van der Waals surface area contributed by atoms with Crippen LogP contribution < -0.4 is 15.5 Å². The van der Waals surface area contributed by atoms with Crippen molar-refractivity contribution in [3.05, 3.63) is 58.6 Å². The van der Waals surface area contributed by atoms with Crippen molar-refractivity contribution in [3.63, 3.8) is 0 Å². The first-order valence-electron chi connectivity index (χ1n) is 6.62. The molecule has 7 heteroatoms. The maximum atomic E-state index is 11.7. The van der Waals surface area contributed by atoms with E-state index in [4.69, 9.17) is 4.74 Å². The van der Waals surface area contributed by atoms with E-state index in [1.807, 2.05) is 6.07 Å². The average molecular weight is 376 g/mol. The fraction of sp³-hybridized carbons (Fsp3) is 0.0625. The second kappa shape index (κ2) is 8.09. The highest BCUT2D eigenvalue weighted by atomic mass is 79.9. The maximum Gasteiger partial charge on any atom is 0.329 e. The summed E-state index contributed by atoms with van der Waals surface area (Å²) in [6.45, 7) is 0.